The number of aromatic hydroxyl groups is 1. The molecule has 9 rings (SSSR count). The smallest absolute Gasteiger partial charge is 0.148 e. The molecule has 9 aromatic rings. The Hall–Kier alpha value is -6.35. The number of phenolic OH excluding ortho intramolecular Hbond substituents is 1. The van der Waals surface area contributed by atoms with Crippen LogP contribution in [0.4, 0.5) is 0 Å². The van der Waals surface area contributed by atoms with Crippen LogP contribution in [0.5, 0.6) is 5.75 Å². The molecule has 0 bridgehead atoms. The first kappa shape index (κ1) is 37.2. The zero-order valence-corrected chi connectivity index (χ0v) is 38.6. The van der Waals surface area contributed by atoms with Crippen molar-refractivity contribution < 1.29 is 33.0 Å². The third-order valence-corrected chi connectivity index (χ3v) is 11.5. The van der Waals surface area contributed by atoms with Crippen LogP contribution in [0.25, 0.3) is 83.9 Å². The number of nitrogens with zero attached hydrogens (tertiary/aromatic N) is 3. The molecule has 316 valence electrons. The van der Waals surface area contributed by atoms with Crippen molar-refractivity contribution >= 4 is 11.0 Å². The molecule has 0 radical (unpaired) electrons. The third kappa shape index (κ3) is 8.83. The molecule has 63 heavy (non-hydrogen) atoms. The average Bonchev–Trinajstić information content (AvgIpc) is 3.72. The summed E-state index contributed by atoms with van der Waals surface area (Å²) >= 11 is 0. The maximum Gasteiger partial charge on any atom is 0.148 e. The molecule has 4 nitrogen and oxygen atoms in total. The molecule has 0 aliphatic rings. The summed E-state index contributed by atoms with van der Waals surface area (Å²) in [4.78, 5) is 10.3. The van der Waals surface area contributed by atoms with E-state index in [1.807, 2.05) is 36.4 Å². The minimum atomic E-state index is -0.440. The summed E-state index contributed by atoms with van der Waals surface area (Å²) in [5.41, 5.74) is 13.9. The summed E-state index contributed by atoms with van der Waals surface area (Å²) < 4.78 is 44.4. The molecule has 1 N–H and O–H groups in total. The number of rotatable bonds is 11. The van der Waals surface area contributed by atoms with Gasteiger partial charge in [-0.05, 0) is 99.0 Å². The van der Waals surface area contributed by atoms with Crippen LogP contribution in [0.15, 0.2) is 170 Å². The van der Waals surface area contributed by atoms with Crippen molar-refractivity contribution in [3.63, 3.8) is 0 Å². The second-order valence-corrected chi connectivity index (χ2v) is 17.1. The number of pyridine rings is 1. The number of hydrogen-bond acceptors (Lipinski definition) is 3. The van der Waals surface area contributed by atoms with Crippen molar-refractivity contribution in [2.24, 2.45) is 5.92 Å². The minimum Gasteiger partial charge on any atom is -0.507 e. The second kappa shape index (κ2) is 18.6. The van der Waals surface area contributed by atoms with Crippen LogP contribution >= 0.6 is 0 Å². The van der Waals surface area contributed by atoms with Crippen molar-refractivity contribution in [3.8, 4) is 78.6 Å². The second-order valence-electron chi connectivity index (χ2n) is 17.1. The maximum absolute atomic E-state index is 12.3. The van der Waals surface area contributed by atoms with Gasteiger partial charge >= 0.3 is 0 Å². The molecule has 0 spiro atoms. The van der Waals surface area contributed by atoms with Crippen molar-refractivity contribution in [2.75, 3.05) is 0 Å². The zero-order chi connectivity index (χ0) is 47.3. The van der Waals surface area contributed by atoms with E-state index in [0.717, 1.165) is 62.1 Å². The number of phenols is 1. The van der Waals surface area contributed by atoms with Crippen LogP contribution in [0.2, 0.25) is 0 Å². The minimum absolute atomic E-state index is 0. The van der Waals surface area contributed by atoms with Crippen molar-refractivity contribution in [1.29, 1.82) is 0 Å². The summed E-state index contributed by atoms with van der Waals surface area (Å²) in [5, 5.41) is 12.3. The molecule has 5 heteroatoms. The summed E-state index contributed by atoms with van der Waals surface area (Å²) in [5.74, 6) is 1.51. The fourth-order valence-electron chi connectivity index (χ4n) is 8.39. The molecular formula is C58H52N3OPt-. The van der Waals surface area contributed by atoms with E-state index in [4.69, 9.17) is 16.8 Å². The van der Waals surface area contributed by atoms with Crippen molar-refractivity contribution in [1.82, 2.24) is 14.5 Å². The molecule has 0 aliphatic heterocycles. The monoisotopic (exact) mass is 1010 g/mol. The quantitative estimate of drug-likeness (QED) is 0.131. The van der Waals surface area contributed by atoms with Gasteiger partial charge in [-0.25, -0.2) is 4.98 Å². The predicted molar refractivity (Wildman–Crippen MR) is 259 cm³/mol. The third-order valence-electron chi connectivity index (χ3n) is 11.5. The van der Waals surface area contributed by atoms with Gasteiger partial charge in [0.25, 0.3) is 0 Å². The molecule has 2 aromatic heterocycles. The zero-order valence-electron chi connectivity index (χ0n) is 41.3. The van der Waals surface area contributed by atoms with Gasteiger partial charge in [-0.1, -0.05) is 179 Å². The van der Waals surface area contributed by atoms with Crippen LogP contribution < -0.4 is 0 Å². The van der Waals surface area contributed by atoms with E-state index in [0.29, 0.717) is 34.1 Å². The van der Waals surface area contributed by atoms with Gasteiger partial charge in [-0.3, -0.25) is 9.55 Å². The SMILES string of the molecule is [2H]c1c([2H])c([2H])c(-c2ccnc(-c3[c-]c(-c4cccc5c4nc(-c4cc(C(C)C)cc(C(C)C)c4O)n5-c4ccc(-c5ccccc5)c(CC(C)C)c4)cc(-c4ccccc4)c3)c2)c([2H])c1[2H].[Pt]. The predicted octanol–water partition coefficient (Wildman–Crippen LogP) is 15.4. The summed E-state index contributed by atoms with van der Waals surface area (Å²) in [6.45, 7) is 13.0. The van der Waals surface area contributed by atoms with E-state index >= 15 is 0 Å². The van der Waals surface area contributed by atoms with Gasteiger partial charge in [0.05, 0.1) is 23.5 Å². The van der Waals surface area contributed by atoms with Crippen LogP contribution in [0, 0.1) is 12.0 Å². The van der Waals surface area contributed by atoms with E-state index in [-0.39, 0.29) is 56.3 Å². The van der Waals surface area contributed by atoms with Gasteiger partial charge in [0.1, 0.15) is 11.6 Å². The van der Waals surface area contributed by atoms with Crippen LogP contribution in [-0.2, 0) is 27.5 Å². The van der Waals surface area contributed by atoms with Crippen molar-refractivity contribution in [3.05, 3.63) is 193 Å². The van der Waals surface area contributed by atoms with Crippen molar-refractivity contribution in [2.45, 2.75) is 59.8 Å². The molecule has 0 saturated carbocycles. The van der Waals surface area contributed by atoms with E-state index < -0.39 is 18.1 Å². The Balaban J connectivity index is 0.00000625. The molecule has 0 amide bonds. The maximum atomic E-state index is 12.3. The summed E-state index contributed by atoms with van der Waals surface area (Å²) in [7, 11) is 0. The van der Waals surface area contributed by atoms with E-state index in [2.05, 4.69) is 137 Å². The number of aromatic nitrogens is 3. The Morgan fingerprint density at radius 3 is 2.03 bits per heavy atom. The summed E-state index contributed by atoms with van der Waals surface area (Å²) in [6.07, 6.45) is 2.47. The normalized spacial score (nSPS) is 12.6. The van der Waals surface area contributed by atoms with E-state index in [1.54, 1.807) is 18.3 Å². The van der Waals surface area contributed by atoms with E-state index in [9.17, 15) is 5.11 Å². The first-order chi connectivity index (χ1) is 32.2. The van der Waals surface area contributed by atoms with Gasteiger partial charge in [-0.2, -0.15) is 0 Å². The standard InChI is InChI=1S/C58H52N3O.Pt/c1-37(2)29-46-33-49(25-26-50(46)42-21-14-9-15-22-42)61-55-24-16-23-51(56(55)60-58(61)53-35-44(38(3)4)34-52(39(5)6)57(53)62)47-30-45(41-19-12-8-13-20-41)31-48(32-47)54-36-43(27-28-59-54)40-17-10-7-11-18-40;/h7-28,30-31,33-39,62H,29H2,1-6H3;/q-1;/i7D,10D,11D,17D,18D;. The Morgan fingerprint density at radius 2 is 1.33 bits per heavy atom. The molecule has 0 atom stereocenters. The number of para-hydroxylation sites is 1. The van der Waals surface area contributed by atoms with Crippen LogP contribution in [0.1, 0.15) is 76.9 Å². The largest absolute Gasteiger partial charge is 0.507 e. The Kier molecular flexibility index (Phi) is 11.0. The van der Waals surface area contributed by atoms with Crippen LogP contribution in [-0.4, -0.2) is 19.6 Å². The van der Waals surface area contributed by atoms with Gasteiger partial charge in [0, 0.05) is 38.6 Å². The average molecular weight is 1010 g/mol. The van der Waals surface area contributed by atoms with Gasteiger partial charge in [0.15, 0.2) is 0 Å². The van der Waals surface area contributed by atoms with Crippen LogP contribution in [0.3, 0.4) is 0 Å². The van der Waals surface area contributed by atoms with Gasteiger partial charge < -0.3 is 5.11 Å². The molecule has 2 heterocycles. The molecule has 0 aliphatic carbocycles. The van der Waals surface area contributed by atoms with E-state index in [1.165, 1.54) is 11.1 Å². The topological polar surface area (TPSA) is 50.9 Å². The van der Waals surface area contributed by atoms with Gasteiger partial charge in [0.2, 0.25) is 0 Å². The number of hydrogen-bond donors (Lipinski definition) is 1. The Morgan fingerprint density at radius 1 is 0.619 bits per heavy atom. The first-order valence-corrected chi connectivity index (χ1v) is 21.4. The number of fused-ring (bicyclic) bond motifs is 1. The molecule has 0 saturated heterocycles. The molecule has 7 aromatic carbocycles. The van der Waals surface area contributed by atoms with Gasteiger partial charge in [-0.15, -0.1) is 23.8 Å². The Labute approximate surface area is 393 Å². The molecular weight excluding hydrogens is 950 g/mol. The molecule has 0 unspecified atom stereocenters. The number of imidazole rings is 1. The summed E-state index contributed by atoms with van der Waals surface area (Å²) in [6, 6.07) is 47.1. The number of benzene rings is 7. The first-order valence-electron chi connectivity index (χ1n) is 23.9. The molecule has 0 fully saturated rings. The fraction of sp³-hybridized carbons (Fsp3) is 0.172. The fourth-order valence-corrected chi connectivity index (χ4v) is 8.39. The Bertz CT molecular complexity index is 3300.